The number of nitrogens with zero attached hydrogens (tertiary/aromatic N) is 2. The van der Waals surface area contributed by atoms with Gasteiger partial charge in [0.25, 0.3) is 11.6 Å². The number of non-ortho nitro benzene ring substituents is 1. The van der Waals surface area contributed by atoms with Gasteiger partial charge in [-0.25, -0.2) is 0 Å². The van der Waals surface area contributed by atoms with Crippen LogP contribution in [-0.2, 0) is 4.79 Å². The predicted octanol–water partition coefficient (Wildman–Crippen LogP) is 6.22. The minimum absolute atomic E-state index is 0.0912. The number of amides is 1. The van der Waals surface area contributed by atoms with Crippen molar-refractivity contribution in [3.63, 3.8) is 0 Å². The van der Waals surface area contributed by atoms with E-state index in [-0.39, 0.29) is 11.6 Å². The Labute approximate surface area is 186 Å². The Morgan fingerprint density at radius 3 is 2.70 bits per heavy atom. The van der Waals surface area contributed by atoms with Crippen molar-refractivity contribution in [3.05, 3.63) is 86.0 Å². The van der Waals surface area contributed by atoms with E-state index in [2.05, 4.69) is 0 Å². The number of halogens is 1. The molecular formula is C21H13ClN2O4S2. The first-order valence-electron chi connectivity index (χ1n) is 8.73. The average Bonchev–Trinajstić information content (AvgIpc) is 3.27. The number of para-hydroxylation sites is 1. The molecule has 1 aliphatic heterocycles. The maximum Gasteiger partial charge on any atom is 0.270 e. The van der Waals surface area contributed by atoms with Gasteiger partial charge in [0.2, 0.25) is 0 Å². The van der Waals surface area contributed by atoms with E-state index in [1.54, 1.807) is 18.2 Å². The fourth-order valence-electron chi connectivity index (χ4n) is 3.01. The molecule has 2 heterocycles. The summed E-state index contributed by atoms with van der Waals surface area (Å²) in [6.07, 6.45) is 1.60. The molecule has 2 aromatic carbocycles. The first kappa shape index (κ1) is 20.3. The minimum atomic E-state index is -0.499. The van der Waals surface area contributed by atoms with Crippen LogP contribution in [0.15, 0.2) is 63.9 Å². The van der Waals surface area contributed by atoms with Gasteiger partial charge in [0.15, 0.2) is 4.32 Å². The Hall–Kier alpha value is -2.94. The van der Waals surface area contributed by atoms with Crippen LogP contribution in [0.4, 0.5) is 11.4 Å². The Balaban J connectivity index is 1.65. The highest BCUT2D eigenvalue weighted by Gasteiger charge is 2.34. The number of hydrogen-bond acceptors (Lipinski definition) is 6. The van der Waals surface area contributed by atoms with E-state index in [1.165, 1.54) is 34.9 Å². The number of carbonyl (C=O) groups is 1. The van der Waals surface area contributed by atoms with Crippen LogP contribution in [0.1, 0.15) is 11.3 Å². The molecule has 0 atom stereocenters. The molecular weight excluding hydrogens is 444 g/mol. The molecule has 0 bridgehead atoms. The summed E-state index contributed by atoms with van der Waals surface area (Å²) in [6.45, 7) is 1.92. The molecule has 0 spiro atoms. The molecule has 1 fully saturated rings. The third-order valence-corrected chi connectivity index (χ3v) is 6.11. The topological polar surface area (TPSA) is 76.6 Å². The number of rotatable bonds is 4. The molecule has 3 aromatic rings. The van der Waals surface area contributed by atoms with E-state index < -0.39 is 4.92 Å². The van der Waals surface area contributed by atoms with Crippen LogP contribution in [0.3, 0.4) is 0 Å². The smallest absolute Gasteiger partial charge is 0.270 e. The quantitative estimate of drug-likeness (QED) is 0.201. The van der Waals surface area contributed by atoms with Crippen LogP contribution in [0.2, 0.25) is 5.02 Å². The van der Waals surface area contributed by atoms with Crippen LogP contribution in [-0.4, -0.2) is 15.2 Å². The van der Waals surface area contributed by atoms with E-state index in [0.29, 0.717) is 31.3 Å². The molecule has 0 N–H and O–H groups in total. The zero-order chi connectivity index (χ0) is 21.4. The highest BCUT2D eigenvalue weighted by molar-refractivity contribution is 8.27. The lowest BCUT2D eigenvalue weighted by molar-refractivity contribution is -0.384. The fraction of sp³-hybridized carbons (Fsp3) is 0.0476. The van der Waals surface area contributed by atoms with Crippen molar-refractivity contribution < 1.29 is 14.1 Å². The fourth-order valence-corrected chi connectivity index (χ4v) is 4.49. The molecule has 0 aliphatic carbocycles. The zero-order valence-corrected chi connectivity index (χ0v) is 17.9. The summed E-state index contributed by atoms with van der Waals surface area (Å²) in [5, 5.41) is 11.4. The highest BCUT2D eigenvalue weighted by atomic mass is 35.5. The summed E-state index contributed by atoms with van der Waals surface area (Å²) in [6, 6.07) is 15.0. The number of anilines is 1. The SMILES string of the molecule is Cc1ccccc1N1C(=O)/C(=C\c2ccc(-c3cc([N+](=O)[O-])ccc3Cl)o2)SC1=S. The molecule has 4 rings (SSSR count). The Kier molecular flexibility index (Phi) is 5.46. The second kappa shape index (κ2) is 8.06. The largest absolute Gasteiger partial charge is 0.457 e. The molecule has 1 aliphatic rings. The van der Waals surface area contributed by atoms with E-state index in [9.17, 15) is 14.9 Å². The monoisotopic (exact) mass is 456 g/mol. The summed E-state index contributed by atoms with van der Waals surface area (Å²) in [5.41, 5.74) is 1.99. The first-order valence-corrected chi connectivity index (χ1v) is 10.3. The molecule has 1 saturated heterocycles. The molecule has 1 amide bonds. The van der Waals surface area contributed by atoms with Gasteiger partial charge in [0.1, 0.15) is 11.5 Å². The van der Waals surface area contributed by atoms with E-state index >= 15 is 0 Å². The number of thiocarbonyl (C=S) groups is 1. The number of benzene rings is 2. The molecule has 150 valence electrons. The van der Waals surface area contributed by atoms with Crippen LogP contribution >= 0.6 is 35.6 Å². The normalized spacial score (nSPS) is 15.3. The van der Waals surface area contributed by atoms with Crippen molar-refractivity contribution in [2.45, 2.75) is 6.92 Å². The van der Waals surface area contributed by atoms with E-state index in [1.807, 2.05) is 31.2 Å². The molecule has 30 heavy (non-hydrogen) atoms. The Bertz CT molecular complexity index is 1240. The van der Waals surface area contributed by atoms with Gasteiger partial charge < -0.3 is 4.42 Å². The van der Waals surface area contributed by atoms with Crippen LogP contribution < -0.4 is 4.90 Å². The van der Waals surface area contributed by atoms with Gasteiger partial charge in [-0.15, -0.1) is 0 Å². The lowest BCUT2D eigenvalue weighted by Gasteiger charge is -2.16. The third-order valence-electron chi connectivity index (χ3n) is 4.48. The Morgan fingerprint density at radius 2 is 1.97 bits per heavy atom. The second-order valence-corrected chi connectivity index (χ2v) is 8.51. The van der Waals surface area contributed by atoms with Crippen molar-refractivity contribution in [1.82, 2.24) is 0 Å². The highest BCUT2D eigenvalue weighted by Crippen LogP contribution is 2.38. The second-order valence-electron chi connectivity index (χ2n) is 6.43. The number of hydrogen-bond donors (Lipinski definition) is 0. The number of aryl methyl sites for hydroxylation is 1. The van der Waals surface area contributed by atoms with Crippen LogP contribution in [0.25, 0.3) is 17.4 Å². The summed E-state index contributed by atoms with van der Waals surface area (Å²) in [7, 11) is 0. The van der Waals surface area contributed by atoms with Gasteiger partial charge in [0.05, 0.1) is 20.5 Å². The first-order chi connectivity index (χ1) is 14.3. The zero-order valence-electron chi connectivity index (χ0n) is 15.5. The minimum Gasteiger partial charge on any atom is -0.457 e. The summed E-state index contributed by atoms with van der Waals surface area (Å²) in [5.74, 6) is 0.549. The molecule has 0 radical (unpaired) electrons. The number of nitro groups is 1. The molecule has 6 nitrogen and oxygen atoms in total. The molecule has 0 unspecified atom stereocenters. The van der Waals surface area contributed by atoms with Gasteiger partial charge in [-0.1, -0.05) is 53.8 Å². The molecule has 9 heteroatoms. The maximum atomic E-state index is 12.9. The van der Waals surface area contributed by atoms with Crippen molar-refractivity contribution in [2.75, 3.05) is 4.90 Å². The third kappa shape index (κ3) is 3.77. The van der Waals surface area contributed by atoms with E-state index in [4.69, 9.17) is 28.2 Å². The van der Waals surface area contributed by atoms with Crippen LogP contribution in [0.5, 0.6) is 0 Å². The standard InChI is InChI=1S/C21H13ClN2O4S2/c1-12-4-2-3-5-17(12)23-20(25)19(30-21(23)29)11-14-7-9-18(28-14)15-10-13(24(26)27)6-8-16(15)22/h2-11H,1H3/b19-11+. The lowest BCUT2D eigenvalue weighted by Crippen LogP contribution is -2.28. The molecule has 1 aromatic heterocycles. The number of carbonyl (C=O) groups excluding carboxylic acids is 1. The van der Waals surface area contributed by atoms with Gasteiger partial charge in [0, 0.05) is 23.8 Å². The number of furan rings is 1. The summed E-state index contributed by atoms with van der Waals surface area (Å²) >= 11 is 12.8. The van der Waals surface area contributed by atoms with Gasteiger partial charge in [-0.05, 0) is 36.8 Å². The van der Waals surface area contributed by atoms with Crippen molar-refractivity contribution in [3.8, 4) is 11.3 Å². The van der Waals surface area contributed by atoms with Gasteiger partial charge in [-0.3, -0.25) is 19.8 Å². The number of nitro benzene ring substituents is 1. The summed E-state index contributed by atoms with van der Waals surface area (Å²) in [4.78, 5) is 25.4. The van der Waals surface area contributed by atoms with Crippen molar-refractivity contribution in [1.29, 1.82) is 0 Å². The summed E-state index contributed by atoms with van der Waals surface area (Å²) < 4.78 is 6.22. The van der Waals surface area contributed by atoms with E-state index in [0.717, 1.165) is 11.3 Å². The van der Waals surface area contributed by atoms with Crippen LogP contribution in [0, 0.1) is 17.0 Å². The maximum absolute atomic E-state index is 12.9. The van der Waals surface area contributed by atoms with Gasteiger partial charge >= 0.3 is 0 Å². The lowest BCUT2D eigenvalue weighted by atomic mass is 10.1. The molecule has 0 saturated carbocycles. The average molecular weight is 457 g/mol. The number of thioether (sulfide) groups is 1. The van der Waals surface area contributed by atoms with Crippen molar-refractivity contribution in [2.24, 2.45) is 0 Å². The Morgan fingerprint density at radius 1 is 1.20 bits per heavy atom. The van der Waals surface area contributed by atoms with Gasteiger partial charge in [-0.2, -0.15) is 0 Å². The van der Waals surface area contributed by atoms with Crippen molar-refractivity contribution >= 4 is 63.3 Å². The predicted molar refractivity (Wildman–Crippen MR) is 123 cm³/mol.